The van der Waals surface area contributed by atoms with Crippen LogP contribution in [0.25, 0.3) is 0 Å². The second kappa shape index (κ2) is 4.67. The van der Waals surface area contributed by atoms with Crippen LogP contribution in [-0.4, -0.2) is 42.3 Å². The molecule has 0 saturated carbocycles. The van der Waals surface area contributed by atoms with Gasteiger partial charge in [0.25, 0.3) is 6.43 Å². The highest BCUT2D eigenvalue weighted by Crippen LogP contribution is 2.35. The molecule has 2 fully saturated rings. The Morgan fingerprint density at radius 3 is 2.39 bits per heavy atom. The molecule has 1 aromatic rings. The van der Waals surface area contributed by atoms with Crippen LogP contribution in [0.5, 0.6) is 0 Å². The maximum absolute atomic E-state index is 12.4. The van der Waals surface area contributed by atoms with Crippen molar-refractivity contribution in [3.63, 3.8) is 0 Å². The monoisotopic (exact) mass is 277 g/mol. The van der Waals surface area contributed by atoms with Crippen molar-refractivity contribution in [1.82, 2.24) is 10.2 Å². The fraction of sp³-hybridized carbons (Fsp3) is 0.800. The minimum absolute atomic E-state index is 0.223. The number of rotatable bonds is 2. The first-order valence-corrected chi connectivity index (χ1v) is 6.65. The molecule has 2 saturated heterocycles. The van der Waals surface area contributed by atoms with E-state index >= 15 is 0 Å². The van der Waals surface area contributed by atoms with Gasteiger partial charge < -0.3 is 14.4 Å². The van der Waals surface area contributed by atoms with Crippen LogP contribution in [0.15, 0.2) is 0 Å². The van der Waals surface area contributed by atoms with E-state index in [-0.39, 0.29) is 5.01 Å². The zero-order chi connectivity index (χ0) is 12.6. The number of aromatic nitrogens is 2. The number of nitrogens with zero attached hydrogens (tertiary/aromatic N) is 3. The lowest BCUT2D eigenvalue weighted by Crippen LogP contribution is -2.45. The molecular formula is C10H13F2N3O2S. The summed E-state index contributed by atoms with van der Waals surface area (Å²) >= 11 is 0.951. The Balaban J connectivity index is 1.64. The highest BCUT2D eigenvalue weighted by Gasteiger charge is 2.40. The Morgan fingerprint density at radius 2 is 1.83 bits per heavy atom. The van der Waals surface area contributed by atoms with Gasteiger partial charge in [0, 0.05) is 25.9 Å². The molecule has 0 aromatic carbocycles. The van der Waals surface area contributed by atoms with Crippen molar-refractivity contribution in [2.24, 2.45) is 0 Å². The van der Waals surface area contributed by atoms with Crippen molar-refractivity contribution in [3.8, 4) is 0 Å². The number of alkyl halides is 2. The first-order valence-electron chi connectivity index (χ1n) is 5.83. The summed E-state index contributed by atoms with van der Waals surface area (Å²) in [7, 11) is 0. The SMILES string of the molecule is FC(F)c1nnc(N2CCC3(CC2)OCCO3)s1. The van der Waals surface area contributed by atoms with Crippen molar-refractivity contribution in [2.75, 3.05) is 31.2 Å². The van der Waals surface area contributed by atoms with Gasteiger partial charge in [0.15, 0.2) is 10.8 Å². The number of piperidine rings is 1. The third kappa shape index (κ3) is 2.19. The van der Waals surface area contributed by atoms with Gasteiger partial charge >= 0.3 is 0 Å². The number of hydrogen-bond donors (Lipinski definition) is 0. The summed E-state index contributed by atoms with van der Waals surface area (Å²) in [5.74, 6) is -0.452. The van der Waals surface area contributed by atoms with Crippen LogP contribution < -0.4 is 4.90 Å². The highest BCUT2D eigenvalue weighted by atomic mass is 32.1. The highest BCUT2D eigenvalue weighted by molar-refractivity contribution is 7.15. The van der Waals surface area contributed by atoms with Crippen LogP contribution in [0.1, 0.15) is 24.3 Å². The van der Waals surface area contributed by atoms with Gasteiger partial charge in [0.05, 0.1) is 13.2 Å². The third-order valence-electron chi connectivity index (χ3n) is 3.23. The summed E-state index contributed by atoms with van der Waals surface area (Å²) in [6.45, 7) is 2.65. The Labute approximate surface area is 107 Å². The molecule has 0 bridgehead atoms. The Kier molecular flexibility index (Phi) is 3.16. The predicted octanol–water partition coefficient (Wildman–Crippen LogP) is 1.82. The zero-order valence-corrected chi connectivity index (χ0v) is 10.5. The van der Waals surface area contributed by atoms with Crippen molar-refractivity contribution >= 4 is 16.5 Å². The van der Waals surface area contributed by atoms with Gasteiger partial charge in [-0.1, -0.05) is 11.3 Å². The van der Waals surface area contributed by atoms with Crippen LogP contribution in [0, 0.1) is 0 Å². The molecule has 1 aromatic heterocycles. The maximum Gasteiger partial charge on any atom is 0.291 e. The Hall–Kier alpha value is -0.860. The average molecular weight is 277 g/mol. The van der Waals surface area contributed by atoms with Crippen LogP contribution >= 0.6 is 11.3 Å². The smallest absolute Gasteiger partial charge is 0.291 e. The second-order valence-corrected chi connectivity index (χ2v) is 5.31. The van der Waals surface area contributed by atoms with Crippen molar-refractivity contribution in [3.05, 3.63) is 5.01 Å². The molecule has 0 amide bonds. The van der Waals surface area contributed by atoms with Crippen LogP contribution in [0.4, 0.5) is 13.9 Å². The van der Waals surface area contributed by atoms with Crippen molar-refractivity contribution < 1.29 is 18.3 Å². The molecule has 3 heterocycles. The second-order valence-electron chi connectivity index (χ2n) is 4.32. The summed E-state index contributed by atoms with van der Waals surface area (Å²) in [4.78, 5) is 1.96. The van der Waals surface area contributed by atoms with E-state index in [0.29, 0.717) is 31.4 Å². The largest absolute Gasteiger partial charge is 0.347 e. The van der Waals surface area contributed by atoms with Gasteiger partial charge in [-0.25, -0.2) is 8.78 Å². The molecule has 8 heteroatoms. The van der Waals surface area contributed by atoms with Crippen LogP contribution in [0.2, 0.25) is 0 Å². The van der Waals surface area contributed by atoms with E-state index in [0.717, 1.165) is 24.2 Å². The fourth-order valence-electron chi connectivity index (χ4n) is 2.27. The first kappa shape index (κ1) is 12.2. The normalized spacial score (nSPS) is 23.2. The molecule has 2 aliphatic rings. The van der Waals surface area contributed by atoms with Gasteiger partial charge in [0.2, 0.25) is 5.13 Å². The molecule has 0 unspecified atom stereocenters. The van der Waals surface area contributed by atoms with E-state index in [2.05, 4.69) is 10.2 Å². The molecule has 0 radical (unpaired) electrons. The number of halogens is 2. The average Bonchev–Trinajstić information content (AvgIpc) is 3.00. The fourth-order valence-corrected chi connectivity index (χ4v) is 3.02. The van der Waals surface area contributed by atoms with Crippen LogP contribution in [0.3, 0.4) is 0 Å². The van der Waals surface area contributed by atoms with E-state index < -0.39 is 12.2 Å². The summed E-state index contributed by atoms with van der Waals surface area (Å²) < 4.78 is 36.1. The maximum atomic E-state index is 12.4. The van der Waals surface area contributed by atoms with Gasteiger partial charge in [-0.3, -0.25) is 0 Å². The predicted molar refractivity (Wildman–Crippen MR) is 60.9 cm³/mol. The molecule has 0 atom stereocenters. The van der Waals surface area contributed by atoms with E-state index in [9.17, 15) is 8.78 Å². The van der Waals surface area contributed by atoms with E-state index in [1.54, 1.807) is 0 Å². The molecule has 1 spiro atoms. The Morgan fingerprint density at radius 1 is 1.17 bits per heavy atom. The zero-order valence-electron chi connectivity index (χ0n) is 9.64. The molecule has 100 valence electrons. The van der Waals surface area contributed by atoms with Crippen molar-refractivity contribution in [2.45, 2.75) is 25.1 Å². The molecule has 3 rings (SSSR count). The van der Waals surface area contributed by atoms with E-state index in [4.69, 9.17) is 9.47 Å². The number of ether oxygens (including phenoxy) is 2. The minimum atomic E-state index is -2.55. The minimum Gasteiger partial charge on any atom is -0.347 e. The Bertz CT molecular complexity index is 413. The lowest BCUT2D eigenvalue weighted by atomic mass is 10.0. The molecular weight excluding hydrogens is 264 g/mol. The third-order valence-corrected chi connectivity index (χ3v) is 4.22. The van der Waals surface area contributed by atoms with Gasteiger partial charge in [0.1, 0.15) is 0 Å². The molecule has 0 N–H and O–H groups in total. The van der Waals surface area contributed by atoms with Crippen molar-refractivity contribution in [1.29, 1.82) is 0 Å². The molecule has 2 aliphatic heterocycles. The van der Waals surface area contributed by atoms with E-state index in [1.165, 1.54) is 0 Å². The summed E-state index contributed by atoms with van der Waals surface area (Å²) in [6.07, 6.45) is -1.08. The number of hydrogen-bond acceptors (Lipinski definition) is 6. The van der Waals surface area contributed by atoms with E-state index in [1.807, 2.05) is 4.90 Å². The van der Waals surface area contributed by atoms with Gasteiger partial charge in [-0.15, -0.1) is 10.2 Å². The van der Waals surface area contributed by atoms with Gasteiger partial charge in [-0.05, 0) is 0 Å². The number of anilines is 1. The summed E-state index contributed by atoms with van der Waals surface area (Å²) in [5, 5.41) is 7.63. The van der Waals surface area contributed by atoms with Gasteiger partial charge in [-0.2, -0.15) is 0 Å². The summed E-state index contributed by atoms with van der Waals surface area (Å²) in [5.41, 5.74) is 0. The lowest BCUT2D eigenvalue weighted by Gasteiger charge is -2.37. The van der Waals surface area contributed by atoms with Crippen LogP contribution in [-0.2, 0) is 9.47 Å². The first-order chi connectivity index (χ1) is 8.69. The topological polar surface area (TPSA) is 47.5 Å². The quantitative estimate of drug-likeness (QED) is 0.825. The molecule has 5 nitrogen and oxygen atoms in total. The summed E-state index contributed by atoms with van der Waals surface area (Å²) in [6, 6.07) is 0. The lowest BCUT2D eigenvalue weighted by molar-refractivity contribution is -0.169. The standard InChI is InChI=1S/C10H13F2N3O2S/c11-7(12)8-13-14-9(18-8)15-3-1-10(2-4-15)16-5-6-17-10/h7H,1-6H2. The molecule has 0 aliphatic carbocycles. The molecule has 18 heavy (non-hydrogen) atoms.